The van der Waals surface area contributed by atoms with Crippen LogP contribution in [0.25, 0.3) is 0 Å². The number of thioether (sulfide) groups is 1. The first-order valence-corrected chi connectivity index (χ1v) is 6.46. The second-order valence-electron chi connectivity index (χ2n) is 4.41. The Balaban J connectivity index is 1.92. The van der Waals surface area contributed by atoms with E-state index in [-0.39, 0.29) is 0 Å². The third kappa shape index (κ3) is 2.72. The van der Waals surface area contributed by atoms with Gasteiger partial charge in [-0.2, -0.15) is 0 Å². The van der Waals surface area contributed by atoms with Crippen LogP contribution in [0.5, 0.6) is 0 Å². The molecule has 1 aromatic heterocycles. The Morgan fingerprint density at radius 2 is 2.12 bits per heavy atom. The van der Waals surface area contributed by atoms with Crippen molar-refractivity contribution in [3.8, 4) is 0 Å². The molecule has 0 spiro atoms. The summed E-state index contributed by atoms with van der Waals surface area (Å²) in [5.41, 5.74) is 5.94. The molecule has 1 atom stereocenters. The monoisotopic (exact) mass is 239 g/mol. The fraction of sp³-hybridized carbons (Fsp3) is 0.636. The van der Waals surface area contributed by atoms with Gasteiger partial charge in [0.25, 0.3) is 0 Å². The summed E-state index contributed by atoms with van der Waals surface area (Å²) in [5, 5.41) is 11.0. The smallest absolute Gasteiger partial charge is 0.187 e. The normalized spacial score (nSPS) is 19.4. The van der Waals surface area contributed by atoms with Crippen molar-refractivity contribution in [2.24, 2.45) is 11.7 Å². The first-order chi connectivity index (χ1) is 7.64. The van der Waals surface area contributed by atoms with Crippen molar-refractivity contribution < 1.29 is 5.11 Å². The molecule has 0 saturated heterocycles. The Morgan fingerprint density at radius 3 is 2.62 bits per heavy atom. The lowest BCUT2D eigenvalue weighted by molar-refractivity contribution is 0.0509. The van der Waals surface area contributed by atoms with Crippen LogP contribution in [0.1, 0.15) is 18.4 Å². The second kappa shape index (κ2) is 4.69. The zero-order chi connectivity index (χ0) is 11.6. The van der Waals surface area contributed by atoms with Gasteiger partial charge in [0.05, 0.1) is 5.60 Å². The summed E-state index contributed by atoms with van der Waals surface area (Å²) in [6.07, 6.45) is 5.74. The lowest BCUT2D eigenvalue weighted by atomic mass is 10.0. The summed E-state index contributed by atoms with van der Waals surface area (Å²) in [6.45, 7) is 2.27. The van der Waals surface area contributed by atoms with E-state index in [1.165, 1.54) is 11.8 Å². The molecule has 3 N–H and O–H groups in total. The van der Waals surface area contributed by atoms with Crippen LogP contribution >= 0.6 is 11.8 Å². The van der Waals surface area contributed by atoms with Gasteiger partial charge in [0.15, 0.2) is 5.16 Å². The van der Waals surface area contributed by atoms with Crippen molar-refractivity contribution in [2.45, 2.75) is 30.5 Å². The van der Waals surface area contributed by atoms with Crippen LogP contribution in [0, 0.1) is 12.8 Å². The highest BCUT2D eigenvalue weighted by molar-refractivity contribution is 7.99. The Kier molecular flexibility index (Phi) is 3.47. The highest BCUT2D eigenvalue weighted by Gasteiger charge is 2.42. The van der Waals surface area contributed by atoms with Crippen molar-refractivity contribution in [3.63, 3.8) is 0 Å². The molecule has 0 aliphatic heterocycles. The summed E-state index contributed by atoms with van der Waals surface area (Å²) >= 11 is 1.48. The number of nitrogens with zero attached hydrogens (tertiary/aromatic N) is 2. The summed E-state index contributed by atoms with van der Waals surface area (Å²) in [6, 6.07) is 0. The minimum atomic E-state index is -0.737. The van der Waals surface area contributed by atoms with Gasteiger partial charge in [0.2, 0.25) is 0 Å². The van der Waals surface area contributed by atoms with Gasteiger partial charge in [0.1, 0.15) is 0 Å². The molecule has 4 nitrogen and oxygen atoms in total. The van der Waals surface area contributed by atoms with Crippen molar-refractivity contribution in [1.82, 2.24) is 9.97 Å². The van der Waals surface area contributed by atoms with E-state index in [1.807, 2.05) is 6.92 Å². The maximum absolute atomic E-state index is 10.3. The van der Waals surface area contributed by atoms with Gasteiger partial charge in [-0.3, -0.25) is 0 Å². The Hall–Kier alpha value is -0.650. The lowest BCUT2D eigenvalue weighted by Gasteiger charge is -2.25. The van der Waals surface area contributed by atoms with Crippen molar-refractivity contribution in [3.05, 3.63) is 18.0 Å². The van der Waals surface area contributed by atoms with Crippen molar-refractivity contribution in [2.75, 3.05) is 12.3 Å². The Labute approximate surface area is 99.7 Å². The molecule has 0 aromatic carbocycles. The minimum absolute atomic E-state index is 0.316. The highest BCUT2D eigenvalue weighted by Crippen LogP contribution is 2.41. The fourth-order valence-corrected chi connectivity index (χ4v) is 2.60. The first kappa shape index (κ1) is 11.8. The largest absolute Gasteiger partial charge is 0.387 e. The van der Waals surface area contributed by atoms with E-state index in [0.717, 1.165) is 18.4 Å². The van der Waals surface area contributed by atoms with Gasteiger partial charge < -0.3 is 10.8 Å². The molecule has 1 aromatic rings. The Bertz CT molecular complexity index is 353. The van der Waals surface area contributed by atoms with E-state index in [4.69, 9.17) is 5.73 Å². The van der Waals surface area contributed by atoms with Crippen LogP contribution in [-0.4, -0.2) is 33.0 Å². The minimum Gasteiger partial charge on any atom is -0.387 e. The average Bonchev–Trinajstić information content (AvgIpc) is 3.12. The van der Waals surface area contributed by atoms with Gasteiger partial charge in [-0.25, -0.2) is 9.97 Å². The van der Waals surface area contributed by atoms with E-state index in [0.29, 0.717) is 23.4 Å². The number of aliphatic hydroxyl groups is 1. The molecule has 0 amide bonds. The zero-order valence-corrected chi connectivity index (χ0v) is 10.2. The quantitative estimate of drug-likeness (QED) is 0.592. The molecule has 0 radical (unpaired) electrons. The maximum Gasteiger partial charge on any atom is 0.187 e. The van der Waals surface area contributed by atoms with Crippen LogP contribution in [0.15, 0.2) is 17.6 Å². The summed E-state index contributed by atoms with van der Waals surface area (Å²) < 4.78 is 0. The molecule has 88 valence electrons. The van der Waals surface area contributed by atoms with Gasteiger partial charge in [-0.1, -0.05) is 11.8 Å². The predicted molar refractivity (Wildman–Crippen MR) is 64.2 cm³/mol. The predicted octanol–water partition coefficient (Wildman–Crippen LogP) is 0.977. The topological polar surface area (TPSA) is 72.0 Å². The molecule has 5 heteroatoms. The van der Waals surface area contributed by atoms with Crippen LogP contribution < -0.4 is 5.73 Å². The molecule has 1 unspecified atom stereocenters. The maximum atomic E-state index is 10.3. The summed E-state index contributed by atoms with van der Waals surface area (Å²) in [4.78, 5) is 8.39. The zero-order valence-electron chi connectivity index (χ0n) is 9.39. The number of aromatic nitrogens is 2. The van der Waals surface area contributed by atoms with Gasteiger partial charge in [-0.15, -0.1) is 0 Å². The number of aryl methyl sites for hydroxylation is 1. The molecule has 0 bridgehead atoms. The third-order valence-electron chi connectivity index (χ3n) is 2.90. The number of hydrogen-bond donors (Lipinski definition) is 2. The standard InChI is InChI=1S/C11H17N3OS/c1-8-4-13-10(14-5-8)16-7-11(15,6-12)9-2-3-9/h4-5,9,15H,2-3,6-7,12H2,1H3. The highest BCUT2D eigenvalue weighted by atomic mass is 32.2. The molecular formula is C11H17N3OS. The van der Waals surface area contributed by atoms with E-state index in [9.17, 15) is 5.11 Å². The van der Waals surface area contributed by atoms with E-state index in [2.05, 4.69) is 9.97 Å². The van der Waals surface area contributed by atoms with Gasteiger partial charge in [0, 0.05) is 24.7 Å². The van der Waals surface area contributed by atoms with Crippen LogP contribution in [0.2, 0.25) is 0 Å². The van der Waals surface area contributed by atoms with Gasteiger partial charge in [-0.05, 0) is 31.2 Å². The van der Waals surface area contributed by atoms with Crippen LogP contribution in [0.4, 0.5) is 0 Å². The Morgan fingerprint density at radius 1 is 1.50 bits per heavy atom. The van der Waals surface area contributed by atoms with E-state index in [1.54, 1.807) is 12.4 Å². The molecular weight excluding hydrogens is 222 g/mol. The number of nitrogens with two attached hydrogens (primary N) is 1. The molecule has 1 fully saturated rings. The lowest BCUT2D eigenvalue weighted by Crippen LogP contribution is -2.42. The van der Waals surface area contributed by atoms with Crippen LogP contribution in [-0.2, 0) is 0 Å². The SMILES string of the molecule is Cc1cnc(SCC(O)(CN)C2CC2)nc1. The van der Waals surface area contributed by atoms with E-state index < -0.39 is 5.60 Å². The molecule has 1 aliphatic carbocycles. The second-order valence-corrected chi connectivity index (χ2v) is 5.36. The number of rotatable bonds is 5. The molecule has 1 aliphatic rings. The summed E-state index contributed by atoms with van der Waals surface area (Å²) in [5.74, 6) is 0.951. The molecule has 1 heterocycles. The van der Waals surface area contributed by atoms with Gasteiger partial charge >= 0.3 is 0 Å². The first-order valence-electron chi connectivity index (χ1n) is 5.48. The fourth-order valence-electron chi connectivity index (χ4n) is 1.61. The molecule has 16 heavy (non-hydrogen) atoms. The van der Waals surface area contributed by atoms with E-state index >= 15 is 0 Å². The molecule has 2 rings (SSSR count). The summed E-state index contributed by atoms with van der Waals surface area (Å²) in [7, 11) is 0. The van der Waals surface area contributed by atoms with Crippen molar-refractivity contribution >= 4 is 11.8 Å². The van der Waals surface area contributed by atoms with Crippen molar-refractivity contribution in [1.29, 1.82) is 0 Å². The number of hydrogen-bond acceptors (Lipinski definition) is 5. The van der Waals surface area contributed by atoms with Crippen LogP contribution in [0.3, 0.4) is 0 Å². The third-order valence-corrected chi connectivity index (χ3v) is 4.01. The average molecular weight is 239 g/mol. The molecule has 1 saturated carbocycles.